The first-order chi connectivity index (χ1) is 12.3. The lowest BCUT2D eigenvalue weighted by atomic mass is 9.85. The van der Waals surface area contributed by atoms with Gasteiger partial charge in [-0.1, -0.05) is 13.8 Å². The molecule has 0 N–H and O–H groups in total. The lowest BCUT2D eigenvalue weighted by Crippen LogP contribution is -2.03. The van der Waals surface area contributed by atoms with Crippen LogP contribution >= 0.6 is 22.7 Å². The SMILES string of the molecule is Cc1c2c(c(C)c3c1C(C)c1c-3sc(F)c1F)C(C)c1c-2sc(F)c1F. The Kier molecular flexibility index (Phi) is 3.17. The van der Waals surface area contributed by atoms with Crippen LogP contribution in [0.2, 0.25) is 0 Å². The van der Waals surface area contributed by atoms with Crippen molar-refractivity contribution in [3.63, 3.8) is 0 Å². The Labute approximate surface area is 156 Å². The van der Waals surface area contributed by atoms with E-state index in [1.807, 2.05) is 27.7 Å². The molecule has 0 amide bonds. The quantitative estimate of drug-likeness (QED) is 0.352. The number of benzene rings is 1. The smallest absolute Gasteiger partial charge is 0.202 e. The predicted molar refractivity (Wildman–Crippen MR) is 97.4 cm³/mol. The van der Waals surface area contributed by atoms with Crippen molar-refractivity contribution in [1.82, 2.24) is 0 Å². The average Bonchev–Trinajstić information content (AvgIpc) is 3.23. The van der Waals surface area contributed by atoms with Gasteiger partial charge in [-0.15, -0.1) is 22.7 Å². The summed E-state index contributed by atoms with van der Waals surface area (Å²) in [4.78, 5) is 1.28. The molecule has 6 heteroatoms. The van der Waals surface area contributed by atoms with Gasteiger partial charge < -0.3 is 0 Å². The maximum atomic E-state index is 14.3. The highest BCUT2D eigenvalue weighted by molar-refractivity contribution is 7.14. The van der Waals surface area contributed by atoms with Crippen molar-refractivity contribution >= 4 is 22.7 Å². The first-order valence-corrected chi connectivity index (χ1v) is 10.0. The van der Waals surface area contributed by atoms with Gasteiger partial charge in [-0.3, -0.25) is 0 Å². The third kappa shape index (κ3) is 1.66. The second-order valence-corrected chi connectivity index (χ2v) is 9.08. The summed E-state index contributed by atoms with van der Waals surface area (Å²) in [6.45, 7) is 7.59. The van der Waals surface area contributed by atoms with Crippen LogP contribution in [0, 0.1) is 35.7 Å². The molecular weight excluding hydrogens is 380 g/mol. The summed E-state index contributed by atoms with van der Waals surface area (Å²) in [5.41, 5.74) is 6.32. The Morgan fingerprint density at radius 2 is 0.962 bits per heavy atom. The molecule has 2 atom stereocenters. The Morgan fingerprint density at radius 1 is 0.615 bits per heavy atom. The van der Waals surface area contributed by atoms with Gasteiger partial charge in [-0.2, -0.15) is 8.78 Å². The molecular formula is C20H14F4S2. The van der Waals surface area contributed by atoms with Gasteiger partial charge in [-0.25, -0.2) is 8.78 Å². The number of halogens is 4. The van der Waals surface area contributed by atoms with Gasteiger partial charge in [0.2, 0.25) is 10.3 Å². The van der Waals surface area contributed by atoms with E-state index in [1.165, 1.54) is 0 Å². The Hall–Kier alpha value is -1.66. The normalized spacial score (nSPS) is 19.5. The Morgan fingerprint density at radius 3 is 1.31 bits per heavy atom. The number of hydrogen-bond acceptors (Lipinski definition) is 2. The highest BCUT2D eigenvalue weighted by Crippen LogP contribution is 2.60. The van der Waals surface area contributed by atoms with Crippen molar-refractivity contribution < 1.29 is 17.6 Å². The fraction of sp³-hybridized carbons (Fsp3) is 0.300. The number of rotatable bonds is 0. The van der Waals surface area contributed by atoms with Crippen LogP contribution in [-0.4, -0.2) is 0 Å². The second-order valence-electron chi connectivity index (χ2n) is 7.14. The molecule has 2 unspecified atom stereocenters. The minimum absolute atomic E-state index is 0.279. The molecule has 0 saturated heterocycles. The van der Waals surface area contributed by atoms with E-state index in [4.69, 9.17) is 0 Å². The number of fused-ring (bicyclic) bond motifs is 6. The molecule has 2 aromatic heterocycles. The fourth-order valence-corrected chi connectivity index (χ4v) is 7.18. The Bertz CT molecular complexity index is 1050. The molecule has 0 aliphatic heterocycles. The zero-order chi connectivity index (χ0) is 18.7. The van der Waals surface area contributed by atoms with Crippen LogP contribution in [0.5, 0.6) is 0 Å². The summed E-state index contributed by atoms with van der Waals surface area (Å²) in [6.07, 6.45) is 0. The zero-order valence-corrected chi connectivity index (χ0v) is 16.1. The molecule has 0 nitrogen and oxygen atoms in total. The largest absolute Gasteiger partial charge is 0.213 e. The maximum absolute atomic E-state index is 14.3. The van der Waals surface area contributed by atoms with Crippen LogP contribution in [0.15, 0.2) is 0 Å². The topological polar surface area (TPSA) is 0 Å². The summed E-state index contributed by atoms with van der Waals surface area (Å²) in [7, 11) is 0. The highest BCUT2D eigenvalue weighted by Gasteiger charge is 2.42. The van der Waals surface area contributed by atoms with Crippen molar-refractivity contribution in [1.29, 1.82) is 0 Å². The molecule has 0 bridgehead atoms. The second kappa shape index (κ2) is 4.98. The van der Waals surface area contributed by atoms with E-state index in [9.17, 15) is 17.6 Å². The zero-order valence-electron chi connectivity index (χ0n) is 14.5. The number of hydrogen-bond donors (Lipinski definition) is 0. The average molecular weight is 394 g/mol. The molecule has 26 heavy (non-hydrogen) atoms. The molecule has 3 aromatic rings. The van der Waals surface area contributed by atoms with E-state index in [2.05, 4.69) is 0 Å². The molecule has 0 radical (unpaired) electrons. The lowest BCUT2D eigenvalue weighted by molar-refractivity contribution is 0.519. The van der Waals surface area contributed by atoms with E-state index in [1.54, 1.807) is 0 Å². The highest BCUT2D eigenvalue weighted by atomic mass is 32.1. The molecule has 5 rings (SSSR count). The molecule has 0 spiro atoms. The van der Waals surface area contributed by atoms with Gasteiger partial charge in [0.15, 0.2) is 11.6 Å². The van der Waals surface area contributed by atoms with E-state index < -0.39 is 21.9 Å². The van der Waals surface area contributed by atoms with Crippen molar-refractivity contribution in [3.05, 3.63) is 55.3 Å². The Balaban J connectivity index is 1.91. The van der Waals surface area contributed by atoms with Crippen molar-refractivity contribution in [2.24, 2.45) is 0 Å². The van der Waals surface area contributed by atoms with Crippen molar-refractivity contribution in [3.8, 4) is 20.9 Å². The van der Waals surface area contributed by atoms with Gasteiger partial charge >= 0.3 is 0 Å². The van der Waals surface area contributed by atoms with E-state index in [-0.39, 0.29) is 11.8 Å². The van der Waals surface area contributed by atoms with Crippen LogP contribution in [0.25, 0.3) is 20.9 Å². The maximum Gasteiger partial charge on any atom is 0.213 e. The monoisotopic (exact) mass is 394 g/mol. The first kappa shape index (κ1) is 16.5. The lowest BCUT2D eigenvalue weighted by Gasteiger charge is -2.20. The predicted octanol–water partition coefficient (Wildman–Crippen LogP) is 7.25. The standard InChI is InChI=1S/C20H14F4S2/c1-5-9-7(3)13-15(21)20(24)26-18(13)12(9)6(2)10-8(4)14-16(22)19(23)25-17(14)11(5)10/h7-8H,1-4H3. The van der Waals surface area contributed by atoms with Gasteiger partial charge in [-0.05, 0) is 47.2 Å². The van der Waals surface area contributed by atoms with Gasteiger partial charge in [0, 0.05) is 32.7 Å². The summed E-state index contributed by atoms with van der Waals surface area (Å²) < 4.78 is 56.5. The number of thiophene rings is 2. The van der Waals surface area contributed by atoms with E-state index in [0.29, 0.717) is 20.9 Å². The molecule has 1 aromatic carbocycles. The van der Waals surface area contributed by atoms with E-state index >= 15 is 0 Å². The van der Waals surface area contributed by atoms with Crippen LogP contribution in [-0.2, 0) is 0 Å². The molecule has 0 fully saturated rings. The molecule has 2 aliphatic rings. The van der Waals surface area contributed by atoms with Crippen LogP contribution < -0.4 is 0 Å². The van der Waals surface area contributed by atoms with Crippen molar-refractivity contribution in [2.45, 2.75) is 39.5 Å². The minimum Gasteiger partial charge on any atom is -0.202 e. The third-order valence-corrected chi connectivity index (χ3v) is 7.95. The fourth-order valence-electron chi connectivity index (χ4n) is 4.94. The third-order valence-electron chi connectivity index (χ3n) is 5.97. The van der Waals surface area contributed by atoms with E-state index in [0.717, 1.165) is 56.1 Å². The van der Waals surface area contributed by atoms with Crippen LogP contribution in [0.3, 0.4) is 0 Å². The molecule has 0 saturated carbocycles. The van der Waals surface area contributed by atoms with Crippen molar-refractivity contribution in [2.75, 3.05) is 0 Å². The summed E-state index contributed by atoms with van der Waals surface area (Å²) in [5, 5.41) is -1.57. The first-order valence-electron chi connectivity index (χ1n) is 8.38. The minimum atomic E-state index is -0.787. The van der Waals surface area contributed by atoms with Gasteiger partial charge in [0.05, 0.1) is 0 Å². The van der Waals surface area contributed by atoms with Gasteiger partial charge in [0.1, 0.15) is 0 Å². The van der Waals surface area contributed by atoms with Crippen LogP contribution in [0.4, 0.5) is 17.6 Å². The summed E-state index contributed by atoms with van der Waals surface area (Å²) in [5.74, 6) is -2.10. The molecule has 134 valence electrons. The summed E-state index contributed by atoms with van der Waals surface area (Å²) >= 11 is 1.68. The van der Waals surface area contributed by atoms with Gasteiger partial charge in [0.25, 0.3) is 0 Å². The van der Waals surface area contributed by atoms with Crippen LogP contribution in [0.1, 0.15) is 59.1 Å². The summed E-state index contributed by atoms with van der Waals surface area (Å²) in [6, 6.07) is 0. The molecule has 2 heterocycles. The molecule has 2 aliphatic carbocycles.